The van der Waals surface area contributed by atoms with Crippen LogP contribution in [0.3, 0.4) is 0 Å². The Kier molecular flexibility index (Phi) is 2.71. The number of rotatable bonds is 1. The van der Waals surface area contributed by atoms with Crippen molar-refractivity contribution in [2.75, 3.05) is 6.26 Å². The maximum Gasteiger partial charge on any atom is 0.229 e. The van der Waals surface area contributed by atoms with E-state index in [0.29, 0.717) is 12.3 Å². The maximum atomic E-state index is 11.6. The highest BCUT2D eigenvalue weighted by Crippen LogP contribution is 2.29. The number of likely N-dealkylation sites (tertiary alicyclic amines) is 1. The van der Waals surface area contributed by atoms with Crippen molar-refractivity contribution in [1.29, 1.82) is 5.41 Å². The Morgan fingerprint density at radius 2 is 2.08 bits per heavy atom. The van der Waals surface area contributed by atoms with Crippen molar-refractivity contribution in [3.8, 4) is 0 Å². The third-order valence-corrected chi connectivity index (χ3v) is 3.07. The van der Waals surface area contributed by atoms with Crippen LogP contribution in [0.1, 0.15) is 27.2 Å². The van der Waals surface area contributed by atoms with Gasteiger partial charge >= 0.3 is 0 Å². The van der Waals surface area contributed by atoms with E-state index in [0.717, 1.165) is 0 Å². The largest absolute Gasteiger partial charge is 0.294 e. The Hall–Kier alpha value is -0.510. The molecule has 3 nitrogen and oxygen atoms in total. The minimum atomic E-state index is -0.251. The average Bonchev–Trinajstić information content (AvgIpc) is 2.24. The summed E-state index contributed by atoms with van der Waals surface area (Å²) in [5, 5.41) is 7.90. The first-order valence-electron chi connectivity index (χ1n) is 4.32. The van der Waals surface area contributed by atoms with Gasteiger partial charge < -0.3 is 0 Å². The van der Waals surface area contributed by atoms with E-state index in [-0.39, 0.29) is 16.7 Å². The highest BCUT2D eigenvalue weighted by molar-refractivity contribution is 8.00. The molecule has 1 amide bonds. The van der Waals surface area contributed by atoms with E-state index in [1.54, 1.807) is 16.7 Å². The lowest BCUT2D eigenvalue weighted by molar-refractivity contribution is -0.128. The zero-order valence-electron chi connectivity index (χ0n) is 8.55. The van der Waals surface area contributed by atoms with E-state index in [4.69, 9.17) is 5.41 Å². The molecule has 1 rings (SSSR count). The Morgan fingerprint density at radius 1 is 1.54 bits per heavy atom. The fourth-order valence-electron chi connectivity index (χ4n) is 1.56. The predicted molar refractivity (Wildman–Crippen MR) is 56.2 cm³/mol. The summed E-state index contributed by atoms with van der Waals surface area (Å²) >= 11 is 1.58. The number of carbonyl (C=O) groups excluding carboxylic acids is 1. The molecule has 1 aliphatic rings. The van der Waals surface area contributed by atoms with E-state index in [1.165, 1.54) is 0 Å². The van der Waals surface area contributed by atoms with Gasteiger partial charge in [0.15, 0.2) is 0 Å². The van der Waals surface area contributed by atoms with E-state index in [9.17, 15) is 4.79 Å². The zero-order valence-corrected chi connectivity index (χ0v) is 9.36. The quantitative estimate of drug-likeness (QED) is 0.700. The number of thioether (sulfide) groups is 1. The fourth-order valence-corrected chi connectivity index (χ4v) is 2.19. The summed E-state index contributed by atoms with van der Waals surface area (Å²) in [6.07, 6.45) is 2.43. The lowest BCUT2D eigenvalue weighted by Gasteiger charge is -2.31. The molecule has 0 aromatic rings. The number of amides is 1. The van der Waals surface area contributed by atoms with E-state index >= 15 is 0 Å². The van der Waals surface area contributed by atoms with Gasteiger partial charge in [0.2, 0.25) is 5.91 Å². The fraction of sp³-hybridized carbons (Fsp3) is 0.778. The lowest BCUT2D eigenvalue weighted by Crippen LogP contribution is -2.45. The second-order valence-electron chi connectivity index (χ2n) is 4.21. The van der Waals surface area contributed by atoms with Crippen LogP contribution < -0.4 is 0 Å². The lowest BCUT2D eigenvalue weighted by atomic mass is 10.1. The molecule has 13 heavy (non-hydrogen) atoms. The second-order valence-corrected chi connectivity index (χ2v) is 5.25. The smallest absolute Gasteiger partial charge is 0.229 e. The molecule has 0 aliphatic carbocycles. The molecule has 0 aromatic carbocycles. The molecule has 1 N–H and O–H groups in total. The Labute approximate surface area is 83.4 Å². The molecule has 0 spiro atoms. The normalized spacial score (nSPS) is 24.3. The first kappa shape index (κ1) is 10.6. The number of amidine groups is 1. The van der Waals surface area contributed by atoms with E-state index in [2.05, 4.69) is 0 Å². The van der Waals surface area contributed by atoms with Gasteiger partial charge in [-0.3, -0.25) is 15.1 Å². The molecule has 1 heterocycles. The van der Waals surface area contributed by atoms with Crippen LogP contribution in [0.4, 0.5) is 0 Å². The highest BCUT2D eigenvalue weighted by atomic mass is 32.2. The van der Waals surface area contributed by atoms with Crippen LogP contribution in [0.25, 0.3) is 0 Å². The Bertz CT molecular complexity index is 244. The van der Waals surface area contributed by atoms with Crippen LogP contribution in [0, 0.1) is 5.41 Å². The second kappa shape index (κ2) is 3.33. The Morgan fingerprint density at radius 3 is 2.31 bits per heavy atom. The van der Waals surface area contributed by atoms with Gasteiger partial charge in [-0.15, -0.1) is 0 Å². The topological polar surface area (TPSA) is 44.2 Å². The average molecular weight is 200 g/mol. The van der Waals surface area contributed by atoms with Crippen molar-refractivity contribution in [3.05, 3.63) is 0 Å². The summed E-state index contributed by atoms with van der Waals surface area (Å²) in [5.41, 5.74) is -0.251. The summed E-state index contributed by atoms with van der Waals surface area (Å²) in [4.78, 5) is 13.2. The summed E-state index contributed by atoms with van der Waals surface area (Å²) in [7, 11) is 0. The molecule has 4 heteroatoms. The minimum Gasteiger partial charge on any atom is -0.294 e. The monoisotopic (exact) mass is 200 g/mol. The molecule has 0 bridgehead atoms. The van der Waals surface area contributed by atoms with Gasteiger partial charge in [0.05, 0.1) is 5.25 Å². The summed E-state index contributed by atoms with van der Waals surface area (Å²) in [6, 6.07) is 0. The maximum absolute atomic E-state index is 11.6. The van der Waals surface area contributed by atoms with Crippen LogP contribution >= 0.6 is 11.8 Å². The summed E-state index contributed by atoms with van der Waals surface area (Å²) in [6.45, 7) is 5.88. The summed E-state index contributed by atoms with van der Waals surface area (Å²) < 4.78 is 0. The molecular weight excluding hydrogens is 184 g/mol. The van der Waals surface area contributed by atoms with Crippen LogP contribution in [0.5, 0.6) is 0 Å². The highest BCUT2D eigenvalue weighted by Gasteiger charge is 2.40. The number of carbonyl (C=O) groups is 1. The zero-order chi connectivity index (χ0) is 10.2. The van der Waals surface area contributed by atoms with Crippen LogP contribution in [-0.4, -0.2) is 33.7 Å². The van der Waals surface area contributed by atoms with Gasteiger partial charge in [0, 0.05) is 12.0 Å². The van der Waals surface area contributed by atoms with Crippen molar-refractivity contribution in [1.82, 2.24) is 4.90 Å². The van der Waals surface area contributed by atoms with Crippen molar-refractivity contribution in [2.24, 2.45) is 0 Å². The van der Waals surface area contributed by atoms with E-state index in [1.807, 2.05) is 27.0 Å². The first-order chi connectivity index (χ1) is 5.88. The molecular formula is C9H16N2OS. The third kappa shape index (κ3) is 1.88. The van der Waals surface area contributed by atoms with Crippen LogP contribution in [0.15, 0.2) is 0 Å². The predicted octanol–water partition coefficient (Wildman–Crippen LogP) is 1.73. The van der Waals surface area contributed by atoms with E-state index < -0.39 is 0 Å². The van der Waals surface area contributed by atoms with Crippen LogP contribution in [0.2, 0.25) is 0 Å². The van der Waals surface area contributed by atoms with Gasteiger partial charge in [0.25, 0.3) is 0 Å². The molecule has 0 saturated carbocycles. The number of nitrogens with one attached hydrogen (secondary N) is 1. The van der Waals surface area contributed by atoms with Gasteiger partial charge in [-0.25, -0.2) is 0 Å². The number of hydrogen-bond donors (Lipinski definition) is 1. The Balaban J connectivity index is 2.89. The number of nitrogens with zero attached hydrogens (tertiary/aromatic N) is 1. The first-order valence-corrected chi connectivity index (χ1v) is 5.61. The van der Waals surface area contributed by atoms with Crippen molar-refractivity contribution in [2.45, 2.75) is 38.0 Å². The number of hydrogen-bond acceptors (Lipinski definition) is 3. The summed E-state index contributed by atoms with van der Waals surface area (Å²) in [5.74, 6) is 0.543. The standard InChI is InChI=1S/C9H16N2OS/c1-9(2,3)11-7(12)5-6(13-4)8(11)10/h6,10H,5H2,1-4H3. The molecule has 0 aromatic heterocycles. The SMILES string of the molecule is CSC1CC(=O)N(C(C)(C)C)C1=N. The molecule has 0 radical (unpaired) electrons. The molecule has 1 atom stereocenters. The molecule has 74 valence electrons. The minimum absolute atomic E-state index is 0.0618. The molecule has 1 fully saturated rings. The van der Waals surface area contributed by atoms with Crippen LogP contribution in [-0.2, 0) is 4.79 Å². The third-order valence-electron chi connectivity index (χ3n) is 2.11. The van der Waals surface area contributed by atoms with Crippen molar-refractivity contribution in [3.63, 3.8) is 0 Å². The van der Waals surface area contributed by atoms with Gasteiger partial charge in [-0.05, 0) is 27.0 Å². The molecule has 1 aliphatic heterocycles. The molecule has 1 saturated heterocycles. The van der Waals surface area contributed by atoms with Crippen molar-refractivity contribution >= 4 is 23.5 Å². The van der Waals surface area contributed by atoms with Crippen molar-refractivity contribution < 1.29 is 4.79 Å². The van der Waals surface area contributed by atoms with Gasteiger partial charge in [-0.1, -0.05) is 0 Å². The van der Waals surface area contributed by atoms with Gasteiger partial charge in [0.1, 0.15) is 5.84 Å². The molecule has 1 unspecified atom stereocenters. The van der Waals surface area contributed by atoms with Gasteiger partial charge in [-0.2, -0.15) is 11.8 Å².